The van der Waals surface area contributed by atoms with Crippen LogP contribution in [0.4, 0.5) is 0 Å². The van der Waals surface area contributed by atoms with Crippen molar-refractivity contribution in [1.29, 1.82) is 5.26 Å². The maximum absolute atomic E-state index is 11.8. The number of nitrogens with zero attached hydrogens (tertiary/aromatic N) is 3. The van der Waals surface area contributed by atoms with E-state index in [2.05, 4.69) is 41.9 Å². The third-order valence-electron chi connectivity index (χ3n) is 9.11. The summed E-state index contributed by atoms with van der Waals surface area (Å²) < 4.78 is 24.0. The second-order valence-corrected chi connectivity index (χ2v) is 12.7. The molecule has 4 aromatic rings. The van der Waals surface area contributed by atoms with Crippen molar-refractivity contribution < 1.29 is 23.7 Å². The van der Waals surface area contributed by atoms with Gasteiger partial charge in [0.05, 0.1) is 36.0 Å². The van der Waals surface area contributed by atoms with Crippen LogP contribution in [0.2, 0.25) is 5.02 Å². The molecule has 0 spiro atoms. The summed E-state index contributed by atoms with van der Waals surface area (Å²) in [6.07, 6.45) is 4.78. The van der Waals surface area contributed by atoms with Crippen LogP contribution in [-0.2, 0) is 18.0 Å². The number of rotatable bonds is 13. The molecule has 8 nitrogen and oxygen atoms in total. The van der Waals surface area contributed by atoms with E-state index in [0.29, 0.717) is 57.9 Å². The number of aldehydes is 1. The fraction of sp³-hybridized carbons (Fsp3) is 0.342. The Labute approximate surface area is 280 Å². The highest BCUT2D eigenvalue weighted by Gasteiger charge is 2.36. The van der Waals surface area contributed by atoms with Crippen LogP contribution in [0.1, 0.15) is 44.6 Å². The Hall–Kier alpha value is -4.42. The molecule has 3 heterocycles. The Bertz CT molecular complexity index is 1780. The number of nitriles is 1. The minimum atomic E-state index is 0.128. The molecular formula is C38H38ClN3O5. The zero-order valence-corrected chi connectivity index (χ0v) is 27.5. The van der Waals surface area contributed by atoms with Gasteiger partial charge in [0, 0.05) is 55.5 Å². The van der Waals surface area contributed by atoms with Crippen molar-refractivity contribution in [1.82, 2.24) is 9.88 Å². The SMILES string of the molecule is Cc1c(COc2cc(OCc3cncc(C#N)c3)c(C=O)cc2Cl)cccc1-c1cccc(OCCCN2CC3COCC3C2)c1C. The summed E-state index contributed by atoms with van der Waals surface area (Å²) in [5, 5.41) is 9.46. The normalized spacial score (nSPS) is 17.2. The van der Waals surface area contributed by atoms with Gasteiger partial charge in [0.15, 0.2) is 6.29 Å². The van der Waals surface area contributed by atoms with Gasteiger partial charge < -0.3 is 23.8 Å². The Morgan fingerprint density at radius 1 is 0.936 bits per heavy atom. The van der Waals surface area contributed by atoms with Crippen LogP contribution in [0, 0.1) is 37.0 Å². The monoisotopic (exact) mass is 651 g/mol. The van der Waals surface area contributed by atoms with Gasteiger partial charge >= 0.3 is 0 Å². The molecular weight excluding hydrogens is 614 g/mol. The Morgan fingerprint density at radius 2 is 1.68 bits per heavy atom. The summed E-state index contributed by atoms with van der Waals surface area (Å²) in [4.78, 5) is 18.4. The van der Waals surface area contributed by atoms with Crippen molar-refractivity contribution in [2.75, 3.05) is 39.5 Å². The number of likely N-dealkylation sites (tertiary alicyclic amines) is 1. The number of carbonyl (C=O) groups excluding carboxylic acids is 1. The van der Waals surface area contributed by atoms with Gasteiger partial charge in [-0.1, -0.05) is 41.9 Å². The van der Waals surface area contributed by atoms with E-state index < -0.39 is 0 Å². The van der Waals surface area contributed by atoms with Gasteiger partial charge in [0.2, 0.25) is 0 Å². The number of fused-ring (bicyclic) bond motifs is 1. The van der Waals surface area contributed by atoms with E-state index in [9.17, 15) is 4.79 Å². The molecule has 2 saturated heterocycles. The van der Waals surface area contributed by atoms with Crippen molar-refractivity contribution >= 4 is 17.9 Å². The maximum Gasteiger partial charge on any atom is 0.153 e. The minimum absolute atomic E-state index is 0.128. The summed E-state index contributed by atoms with van der Waals surface area (Å²) in [5.74, 6) is 3.04. The van der Waals surface area contributed by atoms with Crippen LogP contribution in [0.5, 0.6) is 17.2 Å². The second kappa shape index (κ2) is 15.0. The number of hydrogen-bond donors (Lipinski definition) is 0. The number of ether oxygens (including phenoxy) is 4. The molecule has 0 bridgehead atoms. The molecule has 1 aromatic heterocycles. The smallest absolute Gasteiger partial charge is 0.153 e. The minimum Gasteiger partial charge on any atom is -0.493 e. The quantitative estimate of drug-likeness (QED) is 0.111. The van der Waals surface area contributed by atoms with Crippen LogP contribution in [-0.4, -0.2) is 55.6 Å². The zero-order chi connectivity index (χ0) is 32.8. The van der Waals surface area contributed by atoms with E-state index in [1.54, 1.807) is 18.3 Å². The number of halogens is 1. The number of carbonyl (C=O) groups is 1. The van der Waals surface area contributed by atoms with E-state index >= 15 is 0 Å². The van der Waals surface area contributed by atoms with Gasteiger partial charge in [-0.25, -0.2) is 0 Å². The lowest BCUT2D eigenvalue weighted by molar-refractivity contribution is 0.111. The molecule has 2 atom stereocenters. The van der Waals surface area contributed by atoms with Crippen LogP contribution < -0.4 is 14.2 Å². The van der Waals surface area contributed by atoms with E-state index in [1.807, 2.05) is 24.3 Å². The molecule has 2 aliphatic rings. The zero-order valence-electron chi connectivity index (χ0n) is 26.7. The molecule has 0 amide bonds. The lowest BCUT2D eigenvalue weighted by atomic mass is 9.93. The van der Waals surface area contributed by atoms with Crippen molar-refractivity contribution in [2.24, 2.45) is 11.8 Å². The molecule has 9 heteroatoms. The van der Waals surface area contributed by atoms with Crippen LogP contribution in [0.3, 0.4) is 0 Å². The Morgan fingerprint density at radius 3 is 2.45 bits per heavy atom. The van der Waals surface area contributed by atoms with Crippen LogP contribution >= 0.6 is 11.6 Å². The van der Waals surface area contributed by atoms with Gasteiger partial charge in [-0.05, 0) is 66.3 Å². The highest BCUT2D eigenvalue weighted by Crippen LogP contribution is 2.36. The second-order valence-electron chi connectivity index (χ2n) is 12.2. The third-order valence-corrected chi connectivity index (χ3v) is 9.40. The van der Waals surface area contributed by atoms with Gasteiger partial charge in [-0.15, -0.1) is 0 Å². The number of pyridine rings is 1. The Balaban J connectivity index is 1.10. The van der Waals surface area contributed by atoms with Gasteiger partial charge in [-0.3, -0.25) is 9.78 Å². The Kier molecular flexibility index (Phi) is 10.4. The average Bonchev–Trinajstić information content (AvgIpc) is 3.69. The van der Waals surface area contributed by atoms with Crippen molar-refractivity contribution in [3.8, 4) is 34.4 Å². The van der Waals surface area contributed by atoms with Crippen molar-refractivity contribution in [3.63, 3.8) is 0 Å². The number of benzene rings is 3. The lowest BCUT2D eigenvalue weighted by Crippen LogP contribution is -2.25. The predicted octanol–water partition coefficient (Wildman–Crippen LogP) is 7.21. The molecule has 6 rings (SSSR count). The highest BCUT2D eigenvalue weighted by molar-refractivity contribution is 6.32. The standard InChI is InChI=1S/C38H38ClN3O5/c1-25-29(24-47-38-14-37(30(20-43)13-35(38)39)46-21-28-12-27(15-40)16-41-17-28)6-3-7-33(25)34-8-4-9-36(26(34)2)45-11-5-10-42-18-31-22-44-23-32(31)19-42/h3-4,6-9,12-14,16-17,20,31-32H,5,10-11,18-19,21-24H2,1-2H3. The fourth-order valence-electron chi connectivity index (χ4n) is 6.45. The fourth-order valence-corrected chi connectivity index (χ4v) is 6.68. The van der Waals surface area contributed by atoms with Gasteiger partial charge in [0.25, 0.3) is 0 Å². The molecule has 47 heavy (non-hydrogen) atoms. The van der Waals surface area contributed by atoms with E-state index in [4.69, 9.17) is 35.8 Å². The maximum atomic E-state index is 11.8. The molecule has 2 unspecified atom stereocenters. The molecule has 0 aliphatic carbocycles. The largest absolute Gasteiger partial charge is 0.493 e. The van der Waals surface area contributed by atoms with E-state index in [-0.39, 0.29) is 13.2 Å². The van der Waals surface area contributed by atoms with E-state index in [1.165, 1.54) is 12.3 Å². The summed E-state index contributed by atoms with van der Waals surface area (Å²) in [5.41, 5.74) is 6.87. The van der Waals surface area contributed by atoms with Gasteiger partial charge in [0.1, 0.15) is 36.5 Å². The van der Waals surface area contributed by atoms with E-state index in [0.717, 1.165) is 72.8 Å². The van der Waals surface area contributed by atoms with Crippen molar-refractivity contribution in [2.45, 2.75) is 33.5 Å². The summed E-state index contributed by atoms with van der Waals surface area (Å²) in [7, 11) is 0. The molecule has 0 saturated carbocycles. The average molecular weight is 652 g/mol. The molecule has 0 N–H and O–H groups in total. The summed E-state index contributed by atoms with van der Waals surface area (Å²) >= 11 is 6.51. The summed E-state index contributed by atoms with van der Waals surface area (Å²) in [6, 6.07) is 19.3. The molecule has 0 radical (unpaired) electrons. The third kappa shape index (κ3) is 7.60. The number of aromatic nitrogens is 1. The first-order valence-electron chi connectivity index (χ1n) is 15.9. The molecule has 3 aromatic carbocycles. The molecule has 2 fully saturated rings. The first-order chi connectivity index (χ1) is 22.9. The van der Waals surface area contributed by atoms with Crippen molar-refractivity contribution in [3.05, 3.63) is 105 Å². The first-order valence-corrected chi connectivity index (χ1v) is 16.3. The molecule has 2 aliphatic heterocycles. The first kappa shape index (κ1) is 32.5. The summed E-state index contributed by atoms with van der Waals surface area (Å²) in [6.45, 7) is 10.4. The van der Waals surface area contributed by atoms with Gasteiger partial charge in [-0.2, -0.15) is 5.26 Å². The number of hydrogen-bond acceptors (Lipinski definition) is 8. The van der Waals surface area contributed by atoms with Crippen LogP contribution in [0.15, 0.2) is 67.0 Å². The van der Waals surface area contributed by atoms with Crippen LogP contribution in [0.25, 0.3) is 11.1 Å². The predicted molar refractivity (Wildman–Crippen MR) is 180 cm³/mol. The lowest BCUT2D eigenvalue weighted by Gasteiger charge is -2.19. The highest BCUT2D eigenvalue weighted by atomic mass is 35.5. The topological polar surface area (TPSA) is 93.9 Å². The molecule has 242 valence electrons.